The maximum absolute atomic E-state index is 13.4. The molecule has 1 aliphatic heterocycles. The number of alkyl halides is 1. The summed E-state index contributed by atoms with van der Waals surface area (Å²) in [5, 5.41) is 20.1. The number of halogens is 2. The number of nitrogens with zero attached hydrogens (tertiary/aromatic N) is 2. The summed E-state index contributed by atoms with van der Waals surface area (Å²) in [5.74, 6) is 0.203. The molecule has 3 atom stereocenters. The summed E-state index contributed by atoms with van der Waals surface area (Å²) in [6.45, 7) is 5.45. The summed E-state index contributed by atoms with van der Waals surface area (Å²) in [4.78, 5) is 40.2. The fourth-order valence-corrected chi connectivity index (χ4v) is 5.44. The Morgan fingerprint density at radius 3 is 2.24 bits per heavy atom. The molecule has 0 bridgehead atoms. The number of benzene rings is 1. The highest BCUT2D eigenvalue weighted by Crippen LogP contribution is 2.23. The Kier molecular flexibility index (Phi) is 20.1. The predicted molar refractivity (Wildman–Crippen MR) is 185 cm³/mol. The number of aryl methyl sites for hydroxylation is 1. The highest BCUT2D eigenvalue weighted by atomic mass is 35.5. The molecule has 16 heteroatoms. The van der Waals surface area contributed by atoms with Gasteiger partial charge in [-0.25, -0.2) is 4.79 Å². The van der Waals surface area contributed by atoms with Crippen molar-refractivity contribution in [3.8, 4) is 0 Å². The van der Waals surface area contributed by atoms with Crippen LogP contribution >= 0.6 is 23.2 Å². The molecule has 0 saturated carbocycles. The molecule has 1 aliphatic rings. The molecule has 280 valence electrons. The lowest BCUT2D eigenvalue weighted by atomic mass is 10.1. The van der Waals surface area contributed by atoms with Crippen LogP contribution in [0.3, 0.4) is 0 Å². The van der Waals surface area contributed by atoms with E-state index in [9.17, 15) is 19.5 Å². The van der Waals surface area contributed by atoms with E-state index in [0.717, 1.165) is 32.3 Å². The molecule has 0 radical (unpaired) electrons. The van der Waals surface area contributed by atoms with Crippen LogP contribution in [0.4, 0.5) is 4.79 Å². The minimum absolute atomic E-state index is 0.00384. The van der Waals surface area contributed by atoms with Gasteiger partial charge >= 0.3 is 6.09 Å². The van der Waals surface area contributed by atoms with E-state index in [1.54, 1.807) is 37.3 Å². The van der Waals surface area contributed by atoms with Crippen LogP contribution in [0.5, 0.6) is 0 Å². The molecule has 14 nitrogen and oxygen atoms in total. The van der Waals surface area contributed by atoms with Gasteiger partial charge < -0.3 is 48.8 Å². The molecular formula is C34H50Cl2N4O10. The summed E-state index contributed by atoms with van der Waals surface area (Å²) in [6.07, 6.45) is 2.75. The fraction of sp³-hybridized carbons (Fsp3) is 0.647. The molecule has 2 aromatic rings. The number of rotatable bonds is 25. The number of amides is 3. The van der Waals surface area contributed by atoms with E-state index in [4.69, 9.17) is 51.4 Å². The van der Waals surface area contributed by atoms with Crippen molar-refractivity contribution in [1.82, 2.24) is 20.7 Å². The van der Waals surface area contributed by atoms with Gasteiger partial charge in [0.25, 0.3) is 0 Å². The normalized spacial score (nSPS) is 16.4. The maximum atomic E-state index is 13.4. The van der Waals surface area contributed by atoms with Crippen LogP contribution in [0.15, 0.2) is 34.9 Å². The van der Waals surface area contributed by atoms with Crippen molar-refractivity contribution in [3.63, 3.8) is 0 Å². The Balaban J connectivity index is 1.30. The van der Waals surface area contributed by atoms with Gasteiger partial charge in [-0.2, -0.15) is 0 Å². The van der Waals surface area contributed by atoms with Crippen LogP contribution < -0.4 is 10.6 Å². The number of carbonyl (C=O) groups is 3. The van der Waals surface area contributed by atoms with Gasteiger partial charge in [0.2, 0.25) is 11.8 Å². The Hall–Kier alpha value is -2.98. The minimum Gasteiger partial charge on any atom is -0.447 e. The van der Waals surface area contributed by atoms with Crippen LogP contribution in [0.1, 0.15) is 55.2 Å². The third-order valence-corrected chi connectivity index (χ3v) is 8.20. The third-order valence-electron chi connectivity index (χ3n) is 7.68. The Morgan fingerprint density at radius 1 is 0.960 bits per heavy atom. The van der Waals surface area contributed by atoms with E-state index >= 15 is 0 Å². The van der Waals surface area contributed by atoms with Gasteiger partial charge in [0.05, 0.1) is 70.5 Å². The van der Waals surface area contributed by atoms with Crippen LogP contribution in [0.2, 0.25) is 5.02 Å². The van der Waals surface area contributed by atoms with Crippen LogP contribution in [-0.4, -0.2) is 124 Å². The highest BCUT2D eigenvalue weighted by molar-refractivity contribution is 6.30. The monoisotopic (exact) mass is 744 g/mol. The Bertz CT molecular complexity index is 1270. The quantitative estimate of drug-likeness (QED) is 0.100. The molecule has 1 saturated heterocycles. The molecule has 0 spiro atoms. The number of aromatic nitrogens is 1. The number of unbranched alkanes of at least 4 members (excludes halogenated alkanes) is 3. The summed E-state index contributed by atoms with van der Waals surface area (Å²) in [5.41, 5.74) is 1.27. The molecule has 1 fully saturated rings. The van der Waals surface area contributed by atoms with Crippen molar-refractivity contribution in [2.45, 2.75) is 63.6 Å². The zero-order valence-electron chi connectivity index (χ0n) is 28.6. The van der Waals surface area contributed by atoms with E-state index in [2.05, 4.69) is 15.8 Å². The third kappa shape index (κ3) is 16.4. The number of nitrogens with one attached hydrogen (secondary N) is 2. The lowest BCUT2D eigenvalue weighted by Crippen LogP contribution is -2.48. The van der Waals surface area contributed by atoms with Crippen LogP contribution in [0.25, 0.3) is 0 Å². The van der Waals surface area contributed by atoms with Gasteiger partial charge in [-0.05, 0) is 37.5 Å². The second-order valence-electron chi connectivity index (χ2n) is 11.8. The topological polar surface area (TPSA) is 171 Å². The average Bonchev–Trinajstić information content (AvgIpc) is 3.70. The number of carbonyl (C=O) groups excluding carboxylic acids is 3. The lowest BCUT2D eigenvalue weighted by Gasteiger charge is -2.26. The molecule has 3 N–H and O–H groups in total. The van der Waals surface area contributed by atoms with E-state index in [0.29, 0.717) is 67.6 Å². The van der Waals surface area contributed by atoms with E-state index < -0.39 is 30.2 Å². The van der Waals surface area contributed by atoms with Gasteiger partial charge in [-0.15, -0.1) is 11.6 Å². The van der Waals surface area contributed by atoms with Crippen LogP contribution in [0, 0.1) is 6.92 Å². The van der Waals surface area contributed by atoms with Crippen molar-refractivity contribution < 1.29 is 47.7 Å². The molecular weight excluding hydrogens is 695 g/mol. The number of aliphatic hydroxyl groups excluding tert-OH is 1. The summed E-state index contributed by atoms with van der Waals surface area (Å²) < 4.78 is 32.5. The second kappa shape index (κ2) is 24.2. The Labute approximate surface area is 303 Å². The van der Waals surface area contributed by atoms with Gasteiger partial charge in [-0.1, -0.05) is 41.7 Å². The lowest BCUT2D eigenvalue weighted by molar-refractivity contribution is -0.138. The number of aliphatic hydroxyl groups is 1. The van der Waals surface area contributed by atoms with Crippen molar-refractivity contribution in [3.05, 3.63) is 52.4 Å². The molecule has 0 aliphatic carbocycles. The molecule has 3 rings (SSSR count). The summed E-state index contributed by atoms with van der Waals surface area (Å²) in [7, 11) is 0. The molecule has 0 unspecified atom stereocenters. The zero-order valence-corrected chi connectivity index (χ0v) is 30.1. The SMILES string of the molecule is Cc1cc(CC(=O)N2C[C@H](O)C[C@H]2C(=O)N[C@@H](COC(=O)NCCOCCOCCOCCOCCCCCCCl)c2ccc(Cl)cc2)on1. The van der Waals surface area contributed by atoms with Gasteiger partial charge in [-0.3, -0.25) is 9.59 Å². The van der Waals surface area contributed by atoms with Crippen LogP contribution in [-0.2, 0) is 39.7 Å². The first-order valence-electron chi connectivity index (χ1n) is 17.0. The van der Waals surface area contributed by atoms with Crippen molar-refractivity contribution in [2.24, 2.45) is 0 Å². The number of hydrogen-bond donors (Lipinski definition) is 3. The number of hydrogen-bond acceptors (Lipinski definition) is 11. The first-order chi connectivity index (χ1) is 24.3. The predicted octanol–water partition coefficient (Wildman–Crippen LogP) is 3.59. The first kappa shape index (κ1) is 41.4. The molecule has 1 aromatic carbocycles. The number of alkyl carbamates (subject to hydrolysis) is 1. The highest BCUT2D eigenvalue weighted by Gasteiger charge is 2.39. The minimum atomic E-state index is -0.926. The fourth-order valence-electron chi connectivity index (χ4n) is 5.12. The second-order valence-corrected chi connectivity index (χ2v) is 12.6. The molecule has 50 heavy (non-hydrogen) atoms. The van der Waals surface area contributed by atoms with Crippen molar-refractivity contribution >= 4 is 41.1 Å². The molecule has 1 aromatic heterocycles. The first-order valence-corrected chi connectivity index (χ1v) is 17.9. The maximum Gasteiger partial charge on any atom is 0.407 e. The number of likely N-dealkylation sites (tertiary alicyclic amines) is 1. The summed E-state index contributed by atoms with van der Waals surface area (Å²) in [6, 6.07) is 6.69. The van der Waals surface area contributed by atoms with Gasteiger partial charge in [0.15, 0.2) is 0 Å². The summed E-state index contributed by atoms with van der Waals surface area (Å²) >= 11 is 11.7. The molecule has 3 amide bonds. The van der Waals surface area contributed by atoms with Gasteiger partial charge in [0, 0.05) is 43.1 Å². The van der Waals surface area contributed by atoms with E-state index in [1.165, 1.54) is 4.90 Å². The smallest absolute Gasteiger partial charge is 0.407 e. The average molecular weight is 746 g/mol. The zero-order chi connectivity index (χ0) is 36.0. The molecule has 2 heterocycles. The Morgan fingerprint density at radius 2 is 1.60 bits per heavy atom. The number of ether oxygens (including phenoxy) is 5. The van der Waals surface area contributed by atoms with E-state index in [-0.39, 0.29) is 45.1 Å². The van der Waals surface area contributed by atoms with Gasteiger partial charge in [0.1, 0.15) is 18.4 Å². The standard InChI is InChI=1S/C34H50Cl2N4O10/c1-25-20-29(50-39-25)22-32(42)40-23-28(41)21-31(40)33(43)38-30(26-6-8-27(36)9-7-26)24-49-34(44)37-11-13-46-15-17-48-19-18-47-16-14-45-12-5-3-2-4-10-35/h6-9,20,28,30-31,41H,2-5,10-19,21-24H2,1H3,(H,37,44)(H,38,43)/t28-,30+,31+/m1/s1. The van der Waals surface area contributed by atoms with Crippen molar-refractivity contribution in [1.29, 1.82) is 0 Å². The van der Waals surface area contributed by atoms with E-state index in [1.807, 2.05) is 0 Å². The van der Waals surface area contributed by atoms with Crippen molar-refractivity contribution in [2.75, 3.05) is 78.4 Å². The largest absolute Gasteiger partial charge is 0.447 e. The number of β-amino-alcohol motifs (C(OH)–C–C–N with tert-alkyl or cyclic N) is 1.